The molecule has 0 bridgehead atoms. The fraction of sp³-hybridized carbons (Fsp3) is 0.750. The molecular formula is C12H21NO3. The summed E-state index contributed by atoms with van der Waals surface area (Å²) in [7, 11) is 1.41. The minimum Gasteiger partial charge on any atom is -0.469 e. The molecule has 4 heteroatoms. The fourth-order valence-electron chi connectivity index (χ4n) is 1.65. The van der Waals surface area contributed by atoms with Crippen molar-refractivity contribution in [1.29, 1.82) is 0 Å². The summed E-state index contributed by atoms with van der Waals surface area (Å²) in [6.07, 6.45) is 2.52. The highest BCUT2D eigenvalue weighted by Gasteiger charge is 2.22. The van der Waals surface area contributed by atoms with Crippen molar-refractivity contribution in [1.82, 2.24) is 4.90 Å². The fourth-order valence-corrected chi connectivity index (χ4v) is 1.65. The lowest BCUT2D eigenvalue weighted by Crippen LogP contribution is -2.43. The zero-order valence-corrected chi connectivity index (χ0v) is 10.4. The quantitative estimate of drug-likeness (QED) is 0.534. The topological polar surface area (TPSA) is 38.8 Å². The van der Waals surface area contributed by atoms with Crippen molar-refractivity contribution in [3.05, 3.63) is 11.6 Å². The molecule has 0 aromatic carbocycles. The van der Waals surface area contributed by atoms with E-state index in [1.54, 1.807) is 0 Å². The summed E-state index contributed by atoms with van der Waals surface area (Å²) in [6, 6.07) is 0. The smallest absolute Gasteiger partial charge is 0.308 e. The molecule has 1 heterocycles. The SMILES string of the molecule is COC(=O)CC1CN(CC=C(C)C)CCO1. The Hall–Kier alpha value is -0.870. The highest BCUT2D eigenvalue weighted by molar-refractivity contribution is 5.69. The van der Waals surface area contributed by atoms with Crippen molar-refractivity contribution in [3.63, 3.8) is 0 Å². The van der Waals surface area contributed by atoms with E-state index < -0.39 is 0 Å². The van der Waals surface area contributed by atoms with E-state index in [1.165, 1.54) is 12.7 Å². The van der Waals surface area contributed by atoms with Crippen molar-refractivity contribution in [2.45, 2.75) is 26.4 Å². The number of allylic oxidation sites excluding steroid dienone is 1. The second-order valence-corrected chi connectivity index (χ2v) is 4.31. The molecule has 0 N–H and O–H groups in total. The van der Waals surface area contributed by atoms with Gasteiger partial charge in [-0.3, -0.25) is 9.69 Å². The first-order valence-electron chi connectivity index (χ1n) is 5.66. The minimum absolute atomic E-state index is 0.0215. The predicted molar refractivity (Wildman–Crippen MR) is 62.2 cm³/mol. The molecule has 92 valence electrons. The van der Waals surface area contributed by atoms with Gasteiger partial charge in [0.1, 0.15) is 0 Å². The van der Waals surface area contributed by atoms with Crippen LogP contribution in [0.5, 0.6) is 0 Å². The second kappa shape index (κ2) is 6.66. The number of rotatable bonds is 4. The molecular weight excluding hydrogens is 206 g/mol. The van der Waals surface area contributed by atoms with Gasteiger partial charge >= 0.3 is 5.97 Å². The van der Waals surface area contributed by atoms with Crippen LogP contribution in [0.1, 0.15) is 20.3 Å². The molecule has 4 nitrogen and oxygen atoms in total. The Bertz CT molecular complexity index is 259. The number of esters is 1. The summed E-state index contributed by atoms with van der Waals surface area (Å²) in [4.78, 5) is 13.4. The van der Waals surface area contributed by atoms with Crippen molar-refractivity contribution >= 4 is 5.97 Å². The Balaban J connectivity index is 2.35. The molecule has 0 saturated carbocycles. The van der Waals surface area contributed by atoms with Crippen LogP contribution in [0.3, 0.4) is 0 Å². The van der Waals surface area contributed by atoms with Crippen LogP contribution in [-0.2, 0) is 14.3 Å². The molecule has 1 aliphatic heterocycles. The van der Waals surface area contributed by atoms with Gasteiger partial charge in [0.25, 0.3) is 0 Å². The van der Waals surface area contributed by atoms with E-state index in [1.807, 2.05) is 0 Å². The maximum atomic E-state index is 11.1. The van der Waals surface area contributed by atoms with Gasteiger partial charge in [0, 0.05) is 19.6 Å². The van der Waals surface area contributed by atoms with Gasteiger partial charge in [0.2, 0.25) is 0 Å². The van der Waals surface area contributed by atoms with Gasteiger partial charge in [-0.2, -0.15) is 0 Å². The molecule has 1 rings (SSSR count). The number of nitrogens with zero attached hydrogens (tertiary/aromatic N) is 1. The first-order chi connectivity index (χ1) is 7.61. The van der Waals surface area contributed by atoms with Crippen LogP contribution in [0.25, 0.3) is 0 Å². The van der Waals surface area contributed by atoms with Crippen LogP contribution in [0, 0.1) is 0 Å². The van der Waals surface area contributed by atoms with Crippen LogP contribution < -0.4 is 0 Å². The van der Waals surface area contributed by atoms with E-state index in [9.17, 15) is 4.79 Å². The van der Waals surface area contributed by atoms with Gasteiger partial charge < -0.3 is 9.47 Å². The van der Waals surface area contributed by atoms with Crippen molar-refractivity contribution in [2.75, 3.05) is 33.4 Å². The zero-order chi connectivity index (χ0) is 12.0. The maximum absolute atomic E-state index is 11.1. The average Bonchev–Trinajstić information content (AvgIpc) is 2.26. The standard InChI is InChI=1S/C12H21NO3/c1-10(2)4-5-13-6-7-16-11(9-13)8-12(14)15-3/h4,11H,5-9H2,1-3H3. The first-order valence-corrected chi connectivity index (χ1v) is 5.66. The van der Waals surface area contributed by atoms with Crippen LogP contribution in [0.15, 0.2) is 11.6 Å². The molecule has 1 atom stereocenters. The monoisotopic (exact) mass is 227 g/mol. The Morgan fingerprint density at radius 1 is 1.56 bits per heavy atom. The van der Waals surface area contributed by atoms with Gasteiger partial charge in [0.15, 0.2) is 0 Å². The highest BCUT2D eigenvalue weighted by atomic mass is 16.5. The van der Waals surface area contributed by atoms with Crippen LogP contribution in [0.2, 0.25) is 0 Å². The number of carbonyl (C=O) groups excluding carboxylic acids is 1. The van der Waals surface area contributed by atoms with E-state index >= 15 is 0 Å². The summed E-state index contributed by atoms with van der Waals surface area (Å²) in [5.41, 5.74) is 1.32. The zero-order valence-electron chi connectivity index (χ0n) is 10.4. The first kappa shape index (κ1) is 13.2. The number of carbonyl (C=O) groups is 1. The number of hydrogen-bond donors (Lipinski definition) is 0. The molecule has 1 saturated heterocycles. The van der Waals surface area contributed by atoms with E-state index in [0.29, 0.717) is 13.0 Å². The summed E-state index contributed by atoms with van der Waals surface area (Å²) < 4.78 is 10.2. The largest absolute Gasteiger partial charge is 0.469 e. The molecule has 0 aromatic rings. The molecule has 1 aliphatic rings. The molecule has 0 amide bonds. The predicted octanol–water partition coefficient (Wildman–Crippen LogP) is 1.22. The van der Waals surface area contributed by atoms with Gasteiger partial charge in [-0.1, -0.05) is 11.6 Å². The van der Waals surface area contributed by atoms with Crippen LogP contribution >= 0.6 is 0 Å². The van der Waals surface area contributed by atoms with E-state index in [0.717, 1.165) is 19.6 Å². The van der Waals surface area contributed by atoms with Gasteiger partial charge in [0.05, 0.1) is 26.2 Å². The molecule has 0 aliphatic carbocycles. The highest BCUT2D eigenvalue weighted by Crippen LogP contribution is 2.09. The van der Waals surface area contributed by atoms with Gasteiger partial charge in [-0.05, 0) is 13.8 Å². The van der Waals surface area contributed by atoms with Crippen molar-refractivity contribution < 1.29 is 14.3 Å². The number of morpholine rings is 1. The summed E-state index contributed by atoms with van der Waals surface area (Å²) in [6.45, 7) is 7.54. The molecule has 0 radical (unpaired) electrons. The van der Waals surface area contributed by atoms with E-state index in [-0.39, 0.29) is 12.1 Å². The summed E-state index contributed by atoms with van der Waals surface area (Å²) >= 11 is 0. The lowest BCUT2D eigenvalue weighted by molar-refractivity contribution is -0.145. The lowest BCUT2D eigenvalue weighted by atomic mass is 10.2. The normalized spacial score (nSPS) is 21.6. The van der Waals surface area contributed by atoms with Crippen LogP contribution in [-0.4, -0.2) is 50.3 Å². The van der Waals surface area contributed by atoms with E-state index in [4.69, 9.17) is 4.74 Å². The molecule has 0 spiro atoms. The number of hydrogen-bond acceptors (Lipinski definition) is 4. The Labute approximate surface area is 97.2 Å². The average molecular weight is 227 g/mol. The Morgan fingerprint density at radius 3 is 2.94 bits per heavy atom. The lowest BCUT2D eigenvalue weighted by Gasteiger charge is -2.31. The third kappa shape index (κ3) is 4.77. The molecule has 16 heavy (non-hydrogen) atoms. The maximum Gasteiger partial charge on any atom is 0.308 e. The Morgan fingerprint density at radius 2 is 2.31 bits per heavy atom. The van der Waals surface area contributed by atoms with E-state index in [2.05, 4.69) is 29.6 Å². The molecule has 1 fully saturated rings. The second-order valence-electron chi connectivity index (χ2n) is 4.31. The Kier molecular flexibility index (Phi) is 5.49. The van der Waals surface area contributed by atoms with Crippen molar-refractivity contribution in [2.24, 2.45) is 0 Å². The molecule has 0 aromatic heterocycles. The summed E-state index contributed by atoms with van der Waals surface area (Å²) in [5.74, 6) is -0.200. The molecule has 1 unspecified atom stereocenters. The third-order valence-electron chi connectivity index (χ3n) is 2.60. The number of methoxy groups -OCH3 is 1. The third-order valence-corrected chi connectivity index (χ3v) is 2.60. The minimum atomic E-state index is -0.200. The summed E-state index contributed by atoms with van der Waals surface area (Å²) in [5, 5.41) is 0. The van der Waals surface area contributed by atoms with Gasteiger partial charge in [-0.15, -0.1) is 0 Å². The van der Waals surface area contributed by atoms with Gasteiger partial charge in [-0.25, -0.2) is 0 Å². The number of ether oxygens (including phenoxy) is 2. The van der Waals surface area contributed by atoms with Crippen LogP contribution in [0.4, 0.5) is 0 Å². The van der Waals surface area contributed by atoms with Crippen molar-refractivity contribution in [3.8, 4) is 0 Å².